The van der Waals surface area contributed by atoms with Gasteiger partial charge in [-0.15, -0.1) is 0 Å². The van der Waals surface area contributed by atoms with Crippen LogP contribution < -0.4 is 5.56 Å². The Bertz CT molecular complexity index is 866. The van der Waals surface area contributed by atoms with Crippen molar-refractivity contribution in [1.82, 2.24) is 9.36 Å². The third-order valence-electron chi connectivity index (χ3n) is 3.86. The quantitative estimate of drug-likeness (QED) is 0.428. The Hall–Kier alpha value is -1.98. The van der Waals surface area contributed by atoms with Crippen LogP contribution in [0.2, 0.25) is 10.0 Å². The number of esters is 1. The molecule has 0 fully saturated rings. The van der Waals surface area contributed by atoms with Crippen molar-refractivity contribution >= 4 is 35.2 Å². The third kappa shape index (κ3) is 4.35. The Morgan fingerprint density at radius 1 is 1.32 bits per heavy atom. The monoisotopic (exact) mass is 382 g/mol. The van der Waals surface area contributed by atoms with Gasteiger partial charge < -0.3 is 4.74 Å². The minimum atomic E-state index is -0.466. The van der Waals surface area contributed by atoms with E-state index in [0.717, 1.165) is 12.8 Å². The SMILES string of the molecule is CCCCOC(=O)/C=C/c1c(C)n(C)n(-c2ccc(Cl)cc2Cl)c1=O. The molecule has 0 aliphatic carbocycles. The second-order valence-corrected chi connectivity index (χ2v) is 6.43. The molecule has 2 aromatic rings. The van der Waals surface area contributed by atoms with Crippen molar-refractivity contribution in [3.05, 3.63) is 55.9 Å². The number of halogens is 2. The molecule has 0 bridgehead atoms. The largest absolute Gasteiger partial charge is 0.463 e. The summed E-state index contributed by atoms with van der Waals surface area (Å²) in [6.07, 6.45) is 4.51. The van der Waals surface area contributed by atoms with E-state index in [9.17, 15) is 9.59 Å². The van der Waals surface area contributed by atoms with Crippen LogP contribution >= 0.6 is 23.2 Å². The Morgan fingerprint density at radius 2 is 2.04 bits per heavy atom. The van der Waals surface area contributed by atoms with Crippen LogP contribution in [-0.2, 0) is 16.6 Å². The Balaban J connectivity index is 2.36. The first kappa shape index (κ1) is 19.3. The first-order valence-corrected chi connectivity index (χ1v) is 8.71. The van der Waals surface area contributed by atoms with Gasteiger partial charge in [-0.1, -0.05) is 36.5 Å². The van der Waals surface area contributed by atoms with Gasteiger partial charge in [-0.3, -0.25) is 9.48 Å². The molecule has 1 aromatic carbocycles. The number of hydrogen-bond acceptors (Lipinski definition) is 3. The lowest BCUT2D eigenvalue weighted by atomic mass is 10.2. The summed E-state index contributed by atoms with van der Waals surface area (Å²) < 4.78 is 8.18. The van der Waals surface area contributed by atoms with Gasteiger partial charge in [-0.25, -0.2) is 9.48 Å². The second-order valence-electron chi connectivity index (χ2n) is 5.59. The average molecular weight is 383 g/mol. The fourth-order valence-electron chi connectivity index (χ4n) is 2.36. The smallest absolute Gasteiger partial charge is 0.330 e. The van der Waals surface area contributed by atoms with Gasteiger partial charge in [-0.05, 0) is 37.6 Å². The summed E-state index contributed by atoms with van der Waals surface area (Å²) in [6, 6.07) is 4.92. The number of hydrogen-bond donors (Lipinski definition) is 0. The predicted octanol–water partition coefficient (Wildman–Crippen LogP) is 4.15. The molecule has 0 atom stereocenters. The molecule has 0 aliphatic heterocycles. The Labute approximate surface area is 156 Å². The van der Waals surface area contributed by atoms with Crippen LogP contribution in [-0.4, -0.2) is 21.9 Å². The van der Waals surface area contributed by atoms with Crippen LogP contribution in [0.1, 0.15) is 31.0 Å². The highest BCUT2D eigenvalue weighted by Crippen LogP contribution is 2.24. The zero-order valence-electron chi connectivity index (χ0n) is 14.4. The van der Waals surface area contributed by atoms with Gasteiger partial charge in [0.25, 0.3) is 5.56 Å². The lowest BCUT2D eigenvalue weighted by molar-refractivity contribution is -0.137. The van der Waals surface area contributed by atoms with Crippen LogP contribution in [0, 0.1) is 6.92 Å². The number of aromatic nitrogens is 2. The number of unbranched alkanes of at least 4 members (excludes halogenated alkanes) is 1. The second kappa shape index (κ2) is 8.41. The van der Waals surface area contributed by atoms with Gasteiger partial charge in [0, 0.05) is 23.8 Å². The molecule has 1 heterocycles. The van der Waals surface area contributed by atoms with Crippen LogP contribution in [0.15, 0.2) is 29.1 Å². The first-order chi connectivity index (χ1) is 11.9. The maximum absolute atomic E-state index is 12.8. The van der Waals surface area contributed by atoms with Gasteiger partial charge in [-0.2, -0.15) is 0 Å². The van der Waals surface area contributed by atoms with Crippen LogP contribution in [0.25, 0.3) is 11.8 Å². The lowest BCUT2D eigenvalue weighted by Crippen LogP contribution is -2.20. The predicted molar refractivity (Wildman–Crippen MR) is 101 cm³/mol. The standard InChI is InChI=1S/C18H20Cl2N2O3/c1-4-5-10-25-17(23)9-7-14-12(2)21(3)22(18(14)24)16-8-6-13(19)11-15(16)20/h6-9,11H,4-5,10H2,1-3H3/b9-7+. The number of rotatable bonds is 6. The van der Waals surface area contributed by atoms with E-state index in [4.69, 9.17) is 27.9 Å². The molecule has 0 unspecified atom stereocenters. The first-order valence-electron chi connectivity index (χ1n) is 7.95. The molecule has 0 aliphatic rings. The molecule has 0 N–H and O–H groups in total. The summed E-state index contributed by atoms with van der Waals surface area (Å²) in [6.45, 7) is 4.18. The van der Waals surface area contributed by atoms with Crippen molar-refractivity contribution in [2.45, 2.75) is 26.7 Å². The highest BCUT2D eigenvalue weighted by atomic mass is 35.5. The molecular weight excluding hydrogens is 363 g/mol. The Kier molecular flexibility index (Phi) is 6.51. The van der Waals surface area contributed by atoms with Gasteiger partial charge in [0.2, 0.25) is 0 Å². The number of benzene rings is 1. The molecule has 25 heavy (non-hydrogen) atoms. The molecule has 5 nitrogen and oxygen atoms in total. The summed E-state index contributed by atoms with van der Waals surface area (Å²) >= 11 is 12.1. The number of nitrogens with zero attached hydrogens (tertiary/aromatic N) is 2. The number of carbonyl (C=O) groups is 1. The van der Waals surface area contributed by atoms with Crippen molar-refractivity contribution in [2.24, 2.45) is 7.05 Å². The van der Waals surface area contributed by atoms with Gasteiger partial charge in [0.15, 0.2) is 0 Å². The molecular formula is C18H20Cl2N2O3. The molecule has 2 rings (SSSR count). The average Bonchev–Trinajstić information content (AvgIpc) is 2.76. The summed E-state index contributed by atoms with van der Waals surface area (Å²) in [5.41, 5.74) is 1.35. The lowest BCUT2D eigenvalue weighted by Gasteiger charge is -2.10. The number of ether oxygens (including phenoxy) is 1. The van der Waals surface area contributed by atoms with E-state index >= 15 is 0 Å². The summed E-state index contributed by atoms with van der Waals surface area (Å²) in [4.78, 5) is 24.5. The van der Waals surface area contributed by atoms with Gasteiger partial charge >= 0.3 is 5.97 Å². The summed E-state index contributed by atoms with van der Waals surface area (Å²) in [5, 5.41) is 0.854. The minimum absolute atomic E-state index is 0.276. The topological polar surface area (TPSA) is 53.2 Å². The zero-order chi connectivity index (χ0) is 18.6. The fourth-order valence-corrected chi connectivity index (χ4v) is 2.85. The summed E-state index contributed by atoms with van der Waals surface area (Å²) in [7, 11) is 1.75. The zero-order valence-corrected chi connectivity index (χ0v) is 15.9. The van der Waals surface area contributed by atoms with E-state index in [-0.39, 0.29) is 5.56 Å². The van der Waals surface area contributed by atoms with Crippen molar-refractivity contribution in [3.8, 4) is 5.69 Å². The fraction of sp³-hybridized carbons (Fsp3) is 0.333. The van der Waals surface area contributed by atoms with Crippen molar-refractivity contribution in [3.63, 3.8) is 0 Å². The van der Waals surface area contributed by atoms with Gasteiger partial charge in [0.05, 0.1) is 22.9 Å². The van der Waals surface area contributed by atoms with E-state index in [0.29, 0.717) is 33.6 Å². The van der Waals surface area contributed by atoms with E-state index < -0.39 is 5.97 Å². The maximum atomic E-state index is 12.8. The van der Waals surface area contributed by atoms with E-state index in [2.05, 4.69) is 0 Å². The van der Waals surface area contributed by atoms with E-state index in [1.165, 1.54) is 16.8 Å². The molecule has 1 aromatic heterocycles. The van der Waals surface area contributed by atoms with E-state index in [1.807, 2.05) is 6.92 Å². The third-order valence-corrected chi connectivity index (χ3v) is 4.40. The van der Waals surface area contributed by atoms with Crippen LogP contribution in [0.3, 0.4) is 0 Å². The maximum Gasteiger partial charge on any atom is 0.330 e. The normalized spacial score (nSPS) is 11.2. The molecule has 0 saturated heterocycles. The Morgan fingerprint density at radius 3 is 2.68 bits per heavy atom. The molecule has 0 saturated carbocycles. The van der Waals surface area contributed by atoms with Crippen LogP contribution in [0.4, 0.5) is 0 Å². The molecule has 7 heteroatoms. The molecule has 0 radical (unpaired) electrons. The highest BCUT2D eigenvalue weighted by Gasteiger charge is 2.16. The van der Waals surface area contributed by atoms with E-state index in [1.54, 1.807) is 36.9 Å². The van der Waals surface area contributed by atoms with Crippen molar-refractivity contribution < 1.29 is 9.53 Å². The summed E-state index contributed by atoms with van der Waals surface area (Å²) in [5.74, 6) is -0.466. The van der Waals surface area contributed by atoms with Crippen LogP contribution in [0.5, 0.6) is 0 Å². The van der Waals surface area contributed by atoms with Gasteiger partial charge in [0.1, 0.15) is 0 Å². The molecule has 134 valence electrons. The molecule has 0 amide bonds. The molecule has 0 spiro atoms. The number of carbonyl (C=O) groups excluding carboxylic acids is 1. The van der Waals surface area contributed by atoms with Crippen molar-refractivity contribution in [1.29, 1.82) is 0 Å². The van der Waals surface area contributed by atoms with Crippen molar-refractivity contribution in [2.75, 3.05) is 6.61 Å². The minimum Gasteiger partial charge on any atom is -0.463 e. The highest BCUT2D eigenvalue weighted by molar-refractivity contribution is 6.35.